The molecule has 0 radical (unpaired) electrons. The number of benzene rings is 1. The van der Waals surface area contributed by atoms with E-state index in [2.05, 4.69) is 12.6 Å². The normalized spacial score (nSPS) is 13.4. The van der Waals surface area contributed by atoms with Gasteiger partial charge < -0.3 is 4.74 Å². The minimum atomic E-state index is 0.1000. The molecular formula is C12H13NO. The fourth-order valence-electron chi connectivity index (χ4n) is 1.78. The van der Waals surface area contributed by atoms with E-state index in [-0.39, 0.29) is 5.90 Å². The standard InChI is InChI=1S/C12H13NO/c1-2-12(13)14-11-7-6-9-4-3-5-10(9)8-11/h2,6-8,13H,1,3-5H2. The van der Waals surface area contributed by atoms with Gasteiger partial charge in [0.15, 0.2) is 0 Å². The number of fused-ring (bicyclic) bond motifs is 1. The van der Waals surface area contributed by atoms with Crippen LogP contribution in [0.5, 0.6) is 5.75 Å². The first kappa shape index (κ1) is 9.00. The largest absolute Gasteiger partial charge is 0.440 e. The lowest BCUT2D eigenvalue weighted by molar-refractivity contribution is 0.550. The van der Waals surface area contributed by atoms with Crippen LogP contribution >= 0.6 is 0 Å². The first-order valence-corrected chi connectivity index (χ1v) is 4.80. The van der Waals surface area contributed by atoms with Crippen molar-refractivity contribution in [1.82, 2.24) is 0 Å². The maximum absolute atomic E-state index is 7.33. The number of nitrogens with one attached hydrogen (secondary N) is 1. The van der Waals surface area contributed by atoms with E-state index < -0.39 is 0 Å². The first-order valence-electron chi connectivity index (χ1n) is 4.80. The Morgan fingerprint density at radius 2 is 2.14 bits per heavy atom. The smallest absolute Gasteiger partial charge is 0.211 e. The van der Waals surface area contributed by atoms with Crippen molar-refractivity contribution in [2.45, 2.75) is 19.3 Å². The number of aryl methyl sites for hydroxylation is 2. The molecule has 0 heterocycles. The SMILES string of the molecule is C=CC(=N)Oc1ccc2c(c1)CCC2. The van der Waals surface area contributed by atoms with E-state index in [4.69, 9.17) is 10.1 Å². The van der Waals surface area contributed by atoms with Crippen molar-refractivity contribution in [3.05, 3.63) is 42.0 Å². The van der Waals surface area contributed by atoms with Crippen molar-refractivity contribution in [1.29, 1.82) is 5.41 Å². The van der Waals surface area contributed by atoms with Gasteiger partial charge in [-0.05, 0) is 48.6 Å². The summed E-state index contributed by atoms with van der Waals surface area (Å²) in [6, 6.07) is 6.04. The van der Waals surface area contributed by atoms with E-state index in [1.807, 2.05) is 12.1 Å². The predicted octanol–water partition coefficient (Wildman–Crippen LogP) is 2.72. The van der Waals surface area contributed by atoms with Gasteiger partial charge in [0.2, 0.25) is 5.90 Å². The zero-order valence-corrected chi connectivity index (χ0v) is 8.05. The lowest BCUT2D eigenvalue weighted by Crippen LogP contribution is -2.02. The summed E-state index contributed by atoms with van der Waals surface area (Å²) >= 11 is 0. The van der Waals surface area contributed by atoms with E-state index in [1.54, 1.807) is 0 Å². The van der Waals surface area contributed by atoms with Gasteiger partial charge >= 0.3 is 0 Å². The van der Waals surface area contributed by atoms with Crippen molar-refractivity contribution in [3.63, 3.8) is 0 Å². The molecule has 0 saturated carbocycles. The van der Waals surface area contributed by atoms with Crippen molar-refractivity contribution in [3.8, 4) is 5.75 Å². The Kier molecular flexibility index (Phi) is 2.35. The van der Waals surface area contributed by atoms with Crippen LogP contribution in [0.1, 0.15) is 17.5 Å². The third kappa shape index (κ3) is 1.69. The number of rotatable bonds is 2. The van der Waals surface area contributed by atoms with E-state index in [9.17, 15) is 0 Å². The molecule has 2 rings (SSSR count). The molecule has 1 aliphatic rings. The molecule has 1 aromatic rings. The summed E-state index contributed by atoms with van der Waals surface area (Å²) in [5.41, 5.74) is 2.78. The van der Waals surface area contributed by atoms with Crippen LogP contribution in [0.15, 0.2) is 30.9 Å². The molecule has 0 aromatic heterocycles. The van der Waals surface area contributed by atoms with Gasteiger partial charge in [-0.25, -0.2) is 0 Å². The van der Waals surface area contributed by atoms with E-state index in [1.165, 1.54) is 30.0 Å². The van der Waals surface area contributed by atoms with Crippen molar-refractivity contribution in [2.24, 2.45) is 0 Å². The zero-order valence-electron chi connectivity index (χ0n) is 8.05. The van der Waals surface area contributed by atoms with Crippen LogP contribution in [0.3, 0.4) is 0 Å². The lowest BCUT2D eigenvalue weighted by atomic mass is 10.1. The second-order valence-corrected chi connectivity index (χ2v) is 3.45. The second-order valence-electron chi connectivity index (χ2n) is 3.45. The number of hydrogen-bond acceptors (Lipinski definition) is 2. The third-order valence-electron chi connectivity index (χ3n) is 2.48. The Labute approximate surface area is 83.7 Å². The quantitative estimate of drug-likeness (QED) is 0.560. The van der Waals surface area contributed by atoms with Gasteiger partial charge in [0.05, 0.1) is 0 Å². The van der Waals surface area contributed by atoms with Gasteiger partial charge in [0.1, 0.15) is 5.75 Å². The van der Waals surface area contributed by atoms with Crippen LogP contribution < -0.4 is 4.74 Å². The van der Waals surface area contributed by atoms with Gasteiger partial charge in [-0.1, -0.05) is 12.6 Å². The zero-order chi connectivity index (χ0) is 9.97. The molecule has 14 heavy (non-hydrogen) atoms. The predicted molar refractivity (Wildman–Crippen MR) is 57.0 cm³/mol. The Bertz CT molecular complexity index is 382. The molecule has 2 heteroatoms. The molecule has 0 aliphatic heterocycles. The van der Waals surface area contributed by atoms with Crippen LogP contribution in [0.25, 0.3) is 0 Å². The maximum Gasteiger partial charge on any atom is 0.211 e. The Morgan fingerprint density at radius 3 is 2.93 bits per heavy atom. The second kappa shape index (κ2) is 3.66. The fraction of sp³-hybridized carbons (Fsp3) is 0.250. The van der Waals surface area contributed by atoms with Crippen LogP contribution in [0.4, 0.5) is 0 Å². The topological polar surface area (TPSA) is 33.1 Å². The van der Waals surface area contributed by atoms with Crippen LogP contribution in [0.2, 0.25) is 0 Å². The lowest BCUT2D eigenvalue weighted by Gasteiger charge is -2.05. The highest BCUT2D eigenvalue weighted by Crippen LogP contribution is 2.25. The summed E-state index contributed by atoms with van der Waals surface area (Å²) in [7, 11) is 0. The van der Waals surface area contributed by atoms with Gasteiger partial charge in [0.25, 0.3) is 0 Å². The Hall–Kier alpha value is -1.57. The molecule has 0 unspecified atom stereocenters. The van der Waals surface area contributed by atoms with E-state index in [0.717, 1.165) is 12.2 Å². The Balaban J connectivity index is 2.20. The molecule has 0 amide bonds. The molecule has 1 aromatic carbocycles. The molecule has 0 bridgehead atoms. The van der Waals surface area contributed by atoms with Gasteiger partial charge in [-0.2, -0.15) is 0 Å². The summed E-state index contributed by atoms with van der Waals surface area (Å²) in [5, 5.41) is 7.33. The van der Waals surface area contributed by atoms with Crippen LogP contribution in [0, 0.1) is 5.41 Å². The summed E-state index contributed by atoms with van der Waals surface area (Å²) in [5.74, 6) is 0.846. The maximum atomic E-state index is 7.33. The van der Waals surface area contributed by atoms with E-state index in [0.29, 0.717) is 0 Å². The fourth-order valence-corrected chi connectivity index (χ4v) is 1.78. The molecule has 72 valence electrons. The van der Waals surface area contributed by atoms with Crippen molar-refractivity contribution in [2.75, 3.05) is 0 Å². The van der Waals surface area contributed by atoms with Gasteiger partial charge in [-0.15, -0.1) is 0 Å². The molecule has 0 saturated heterocycles. The monoisotopic (exact) mass is 187 g/mol. The minimum absolute atomic E-state index is 0.1000. The number of ether oxygens (including phenoxy) is 1. The van der Waals surface area contributed by atoms with Gasteiger partial charge in [0, 0.05) is 0 Å². The molecule has 0 spiro atoms. The minimum Gasteiger partial charge on any atom is -0.440 e. The summed E-state index contributed by atoms with van der Waals surface area (Å²) in [6.45, 7) is 3.48. The average Bonchev–Trinajstić information content (AvgIpc) is 2.64. The summed E-state index contributed by atoms with van der Waals surface area (Å²) in [4.78, 5) is 0. The molecule has 0 atom stereocenters. The highest BCUT2D eigenvalue weighted by atomic mass is 16.5. The first-order chi connectivity index (χ1) is 6.79. The Morgan fingerprint density at radius 1 is 1.36 bits per heavy atom. The van der Waals surface area contributed by atoms with Crippen LogP contribution in [-0.4, -0.2) is 5.90 Å². The average molecular weight is 187 g/mol. The molecule has 0 fully saturated rings. The van der Waals surface area contributed by atoms with Crippen molar-refractivity contribution >= 4 is 5.90 Å². The number of hydrogen-bond donors (Lipinski definition) is 1. The summed E-state index contributed by atoms with van der Waals surface area (Å²) < 4.78 is 5.25. The highest BCUT2D eigenvalue weighted by molar-refractivity contribution is 5.86. The highest BCUT2D eigenvalue weighted by Gasteiger charge is 2.11. The molecule has 1 aliphatic carbocycles. The molecule has 1 N–H and O–H groups in total. The molecular weight excluding hydrogens is 174 g/mol. The third-order valence-corrected chi connectivity index (χ3v) is 2.48. The van der Waals surface area contributed by atoms with Gasteiger partial charge in [-0.3, -0.25) is 5.41 Å². The molecule has 2 nitrogen and oxygen atoms in total. The van der Waals surface area contributed by atoms with Crippen molar-refractivity contribution < 1.29 is 4.74 Å². The summed E-state index contributed by atoms with van der Waals surface area (Å²) in [6.07, 6.45) is 4.94. The van der Waals surface area contributed by atoms with Crippen LogP contribution in [-0.2, 0) is 12.8 Å². The van der Waals surface area contributed by atoms with E-state index >= 15 is 0 Å².